The molecule has 3 N–H and O–H groups in total. The van der Waals surface area contributed by atoms with Crippen molar-refractivity contribution in [3.05, 3.63) is 24.3 Å². The van der Waals surface area contributed by atoms with Crippen molar-refractivity contribution < 1.29 is 26.3 Å². The Kier molecular flexibility index (Phi) is 3.29. The highest BCUT2D eigenvalue weighted by Gasteiger charge is 2.31. The third-order valence-corrected chi connectivity index (χ3v) is 1.85. The maximum atomic E-state index is 11.8. The SMILES string of the molecule is NS(=O)(=O)Nc1cccc(OC(F)(F)F)c1. The van der Waals surface area contributed by atoms with E-state index in [0.717, 1.165) is 12.1 Å². The molecule has 0 radical (unpaired) electrons. The van der Waals surface area contributed by atoms with Crippen molar-refractivity contribution in [2.75, 3.05) is 4.72 Å². The van der Waals surface area contributed by atoms with Gasteiger partial charge in [0.1, 0.15) is 5.75 Å². The fourth-order valence-electron chi connectivity index (χ4n) is 0.921. The summed E-state index contributed by atoms with van der Waals surface area (Å²) in [6.07, 6.45) is -4.83. The van der Waals surface area contributed by atoms with Gasteiger partial charge in [0.05, 0.1) is 5.69 Å². The second kappa shape index (κ2) is 4.18. The number of ether oxygens (including phenoxy) is 1. The Morgan fingerprint density at radius 2 is 1.94 bits per heavy atom. The van der Waals surface area contributed by atoms with Crippen LogP contribution in [0.4, 0.5) is 18.9 Å². The summed E-state index contributed by atoms with van der Waals surface area (Å²) in [6, 6.07) is 4.31. The predicted octanol–water partition coefficient (Wildman–Crippen LogP) is 1.20. The maximum absolute atomic E-state index is 11.8. The number of alkyl halides is 3. The fraction of sp³-hybridized carbons (Fsp3) is 0.143. The third-order valence-electron chi connectivity index (χ3n) is 1.33. The average Bonchev–Trinajstić information content (AvgIpc) is 1.96. The Labute approximate surface area is 89.2 Å². The van der Waals surface area contributed by atoms with E-state index in [-0.39, 0.29) is 5.69 Å². The van der Waals surface area contributed by atoms with Gasteiger partial charge in [-0.3, -0.25) is 4.72 Å². The Balaban J connectivity index is 2.88. The molecule has 9 heteroatoms. The highest BCUT2D eigenvalue weighted by Crippen LogP contribution is 2.25. The van der Waals surface area contributed by atoms with E-state index in [1.165, 1.54) is 12.1 Å². The zero-order chi connectivity index (χ0) is 12.4. The molecule has 16 heavy (non-hydrogen) atoms. The summed E-state index contributed by atoms with van der Waals surface area (Å²) in [4.78, 5) is 0. The van der Waals surface area contributed by atoms with E-state index < -0.39 is 22.3 Å². The molecule has 0 aliphatic heterocycles. The van der Waals surface area contributed by atoms with E-state index in [1.54, 1.807) is 0 Å². The van der Waals surface area contributed by atoms with E-state index in [0.29, 0.717) is 0 Å². The molecule has 90 valence electrons. The lowest BCUT2D eigenvalue weighted by Crippen LogP contribution is -2.22. The summed E-state index contributed by atoms with van der Waals surface area (Å²) in [7, 11) is -4.02. The molecule has 0 aromatic heterocycles. The van der Waals surface area contributed by atoms with Crippen LogP contribution in [0.25, 0.3) is 0 Å². The molecule has 0 saturated heterocycles. The van der Waals surface area contributed by atoms with E-state index in [1.807, 2.05) is 4.72 Å². The van der Waals surface area contributed by atoms with Crippen molar-refractivity contribution >= 4 is 15.9 Å². The van der Waals surface area contributed by atoms with Gasteiger partial charge < -0.3 is 4.74 Å². The van der Waals surface area contributed by atoms with E-state index in [9.17, 15) is 21.6 Å². The maximum Gasteiger partial charge on any atom is 0.573 e. The van der Waals surface area contributed by atoms with Gasteiger partial charge >= 0.3 is 6.36 Å². The monoisotopic (exact) mass is 256 g/mol. The summed E-state index contributed by atoms with van der Waals surface area (Å²) in [5.74, 6) is -0.541. The molecule has 1 rings (SSSR count). The molecule has 0 amide bonds. The van der Waals surface area contributed by atoms with Crippen LogP contribution in [0.5, 0.6) is 5.75 Å². The Hall–Kier alpha value is -1.48. The van der Waals surface area contributed by atoms with Gasteiger partial charge in [-0.05, 0) is 12.1 Å². The number of rotatable bonds is 3. The Morgan fingerprint density at radius 1 is 1.31 bits per heavy atom. The minimum absolute atomic E-state index is 0.121. The summed E-state index contributed by atoms with van der Waals surface area (Å²) in [5, 5.41) is 4.64. The van der Waals surface area contributed by atoms with Crippen molar-refractivity contribution in [3.63, 3.8) is 0 Å². The zero-order valence-electron chi connectivity index (χ0n) is 7.65. The summed E-state index contributed by atoms with van der Waals surface area (Å²) in [6.45, 7) is 0. The van der Waals surface area contributed by atoms with Crippen LogP contribution in [0.3, 0.4) is 0 Å². The number of nitrogens with two attached hydrogens (primary N) is 1. The first-order valence-electron chi connectivity index (χ1n) is 3.82. The molecule has 0 aliphatic carbocycles. The van der Waals surface area contributed by atoms with Crippen molar-refractivity contribution in [1.29, 1.82) is 0 Å². The molecule has 0 spiro atoms. The first-order chi connectivity index (χ1) is 7.16. The Bertz CT molecular complexity index is 472. The summed E-state index contributed by atoms with van der Waals surface area (Å²) < 4.78 is 62.1. The zero-order valence-corrected chi connectivity index (χ0v) is 8.47. The highest BCUT2D eigenvalue weighted by atomic mass is 32.2. The van der Waals surface area contributed by atoms with E-state index >= 15 is 0 Å². The van der Waals surface area contributed by atoms with Gasteiger partial charge in [-0.25, -0.2) is 5.14 Å². The van der Waals surface area contributed by atoms with Crippen LogP contribution < -0.4 is 14.6 Å². The summed E-state index contributed by atoms with van der Waals surface area (Å²) in [5.41, 5.74) is -0.121. The third kappa shape index (κ3) is 4.84. The van der Waals surface area contributed by atoms with Gasteiger partial charge in [0.2, 0.25) is 0 Å². The van der Waals surface area contributed by atoms with Crippen molar-refractivity contribution in [1.82, 2.24) is 0 Å². The van der Waals surface area contributed by atoms with Crippen LogP contribution in [-0.4, -0.2) is 14.8 Å². The molecule has 5 nitrogen and oxygen atoms in total. The van der Waals surface area contributed by atoms with Crippen LogP contribution in [0, 0.1) is 0 Å². The number of anilines is 1. The minimum atomic E-state index is -4.83. The minimum Gasteiger partial charge on any atom is -0.406 e. The number of nitrogens with one attached hydrogen (secondary N) is 1. The van der Waals surface area contributed by atoms with Gasteiger partial charge in [0, 0.05) is 6.07 Å². The lowest BCUT2D eigenvalue weighted by atomic mass is 10.3. The van der Waals surface area contributed by atoms with Gasteiger partial charge in [-0.1, -0.05) is 6.07 Å². The molecule has 0 atom stereocenters. The molecular weight excluding hydrogens is 249 g/mol. The van der Waals surface area contributed by atoms with Gasteiger partial charge in [-0.15, -0.1) is 13.2 Å². The number of halogens is 3. The molecule has 0 saturated carbocycles. The van der Waals surface area contributed by atoms with Crippen molar-refractivity contribution in [2.24, 2.45) is 5.14 Å². The summed E-state index contributed by atoms with van der Waals surface area (Å²) >= 11 is 0. The van der Waals surface area contributed by atoms with Crippen LogP contribution >= 0.6 is 0 Å². The smallest absolute Gasteiger partial charge is 0.406 e. The van der Waals surface area contributed by atoms with Crippen molar-refractivity contribution in [3.8, 4) is 5.75 Å². The second-order valence-corrected chi connectivity index (χ2v) is 4.02. The fourth-order valence-corrected chi connectivity index (χ4v) is 1.38. The molecule has 1 aromatic rings. The Morgan fingerprint density at radius 3 is 2.44 bits per heavy atom. The predicted molar refractivity (Wildman–Crippen MR) is 49.9 cm³/mol. The molecular formula is C7H7F3N2O3S. The molecule has 0 heterocycles. The van der Waals surface area contributed by atoms with Gasteiger partial charge in [0.25, 0.3) is 10.2 Å². The van der Waals surface area contributed by atoms with E-state index in [2.05, 4.69) is 9.88 Å². The highest BCUT2D eigenvalue weighted by molar-refractivity contribution is 7.90. The lowest BCUT2D eigenvalue weighted by molar-refractivity contribution is -0.274. The number of hydrogen-bond acceptors (Lipinski definition) is 3. The number of benzene rings is 1. The first-order valence-corrected chi connectivity index (χ1v) is 5.37. The second-order valence-electron chi connectivity index (χ2n) is 2.72. The normalized spacial score (nSPS) is 12.2. The van der Waals surface area contributed by atoms with E-state index in [4.69, 9.17) is 0 Å². The first kappa shape index (κ1) is 12.6. The molecule has 1 aromatic carbocycles. The quantitative estimate of drug-likeness (QED) is 0.852. The van der Waals surface area contributed by atoms with Crippen LogP contribution in [0.1, 0.15) is 0 Å². The average molecular weight is 256 g/mol. The van der Waals surface area contributed by atoms with Gasteiger partial charge in [0.15, 0.2) is 0 Å². The molecule has 0 bridgehead atoms. The molecule has 0 fully saturated rings. The molecule has 0 aliphatic rings. The lowest BCUT2D eigenvalue weighted by Gasteiger charge is -2.10. The topological polar surface area (TPSA) is 81.4 Å². The largest absolute Gasteiger partial charge is 0.573 e. The number of hydrogen-bond donors (Lipinski definition) is 2. The van der Waals surface area contributed by atoms with Crippen LogP contribution in [-0.2, 0) is 10.2 Å². The van der Waals surface area contributed by atoms with Crippen LogP contribution in [0.2, 0.25) is 0 Å². The molecule has 0 unspecified atom stereocenters. The van der Waals surface area contributed by atoms with Crippen molar-refractivity contribution in [2.45, 2.75) is 6.36 Å². The van der Waals surface area contributed by atoms with Crippen LogP contribution in [0.15, 0.2) is 24.3 Å². The standard InChI is InChI=1S/C7H7F3N2O3S/c8-7(9,10)15-6-3-1-2-5(4-6)12-16(11,13)14/h1-4,12H,(H2,11,13,14). The van der Waals surface area contributed by atoms with Gasteiger partial charge in [-0.2, -0.15) is 8.42 Å².